The van der Waals surface area contributed by atoms with Crippen LogP contribution in [0.4, 0.5) is 0 Å². The molecule has 0 radical (unpaired) electrons. The van der Waals surface area contributed by atoms with Crippen molar-refractivity contribution >= 4 is 11.9 Å². The number of esters is 2. The average molecular weight is 269 g/mol. The third kappa shape index (κ3) is 5.71. The summed E-state index contributed by atoms with van der Waals surface area (Å²) in [6.07, 6.45) is 1.21. The Labute approximate surface area is 110 Å². The highest BCUT2D eigenvalue weighted by atomic mass is 16.6. The van der Waals surface area contributed by atoms with Gasteiger partial charge in [-0.15, -0.1) is 0 Å². The molecular formula is C12H15NO6. The van der Waals surface area contributed by atoms with Crippen LogP contribution in [0.25, 0.3) is 0 Å². The SMILES string of the molecule is CC(=O)OCCOc1ccc(COC(C)=O)[n+]([O-])c1. The van der Waals surface area contributed by atoms with Crippen LogP contribution in [0.1, 0.15) is 19.5 Å². The van der Waals surface area contributed by atoms with Gasteiger partial charge in [-0.3, -0.25) is 9.59 Å². The molecule has 0 bridgehead atoms. The van der Waals surface area contributed by atoms with Crippen LogP contribution < -0.4 is 9.47 Å². The summed E-state index contributed by atoms with van der Waals surface area (Å²) in [5.41, 5.74) is 0.294. The zero-order valence-electron chi connectivity index (χ0n) is 10.8. The van der Waals surface area contributed by atoms with Crippen LogP contribution in [-0.4, -0.2) is 25.2 Å². The Morgan fingerprint density at radius 3 is 2.42 bits per heavy atom. The van der Waals surface area contributed by atoms with E-state index in [0.717, 1.165) is 0 Å². The van der Waals surface area contributed by atoms with Crippen LogP contribution in [0.2, 0.25) is 0 Å². The maximum atomic E-state index is 11.6. The van der Waals surface area contributed by atoms with Gasteiger partial charge in [0.1, 0.15) is 13.2 Å². The van der Waals surface area contributed by atoms with Gasteiger partial charge < -0.3 is 19.4 Å². The van der Waals surface area contributed by atoms with E-state index in [9.17, 15) is 14.8 Å². The van der Waals surface area contributed by atoms with Gasteiger partial charge in [0.05, 0.1) is 0 Å². The third-order valence-corrected chi connectivity index (χ3v) is 2.05. The van der Waals surface area contributed by atoms with Crippen molar-refractivity contribution in [3.05, 3.63) is 29.2 Å². The van der Waals surface area contributed by atoms with E-state index in [4.69, 9.17) is 9.47 Å². The fourth-order valence-electron chi connectivity index (χ4n) is 1.21. The number of carbonyl (C=O) groups excluding carboxylic acids is 2. The average Bonchev–Trinajstić information content (AvgIpc) is 2.33. The van der Waals surface area contributed by atoms with E-state index in [1.807, 2.05) is 0 Å². The maximum absolute atomic E-state index is 11.6. The molecule has 7 nitrogen and oxygen atoms in total. The topological polar surface area (TPSA) is 88.8 Å². The van der Waals surface area contributed by atoms with E-state index in [1.54, 1.807) is 6.07 Å². The van der Waals surface area contributed by atoms with Crippen LogP contribution in [0.3, 0.4) is 0 Å². The molecule has 0 aliphatic carbocycles. The Kier molecular flexibility index (Phi) is 5.59. The second-order valence-electron chi connectivity index (χ2n) is 3.65. The second kappa shape index (κ2) is 7.20. The van der Waals surface area contributed by atoms with Gasteiger partial charge in [0.25, 0.3) is 0 Å². The van der Waals surface area contributed by atoms with Gasteiger partial charge in [-0.2, -0.15) is 4.73 Å². The van der Waals surface area contributed by atoms with E-state index >= 15 is 0 Å². The Hall–Kier alpha value is -2.31. The Morgan fingerprint density at radius 1 is 1.16 bits per heavy atom. The summed E-state index contributed by atoms with van der Waals surface area (Å²) in [6, 6.07) is 3.07. The monoisotopic (exact) mass is 269 g/mol. The number of rotatable bonds is 6. The van der Waals surface area contributed by atoms with Crippen LogP contribution in [0.5, 0.6) is 5.75 Å². The molecule has 0 atom stereocenters. The molecule has 0 aliphatic heterocycles. The predicted octanol–water partition coefficient (Wildman–Crippen LogP) is 0.325. The molecule has 0 saturated carbocycles. The van der Waals surface area contributed by atoms with E-state index in [0.29, 0.717) is 16.2 Å². The molecule has 1 aromatic rings. The number of hydrogen-bond donors (Lipinski definition) is 0. The molecule has 104 valence electrons. The van der Waals surface area contributed by atoms with E-state index in [-0.39, 0.29) is 25.8 Å². The Bertz CT molecular complexity index is 460. The molecule has 0 amide bonds. The van der Waals surface area contributed by atoms with Crippen molar-refractivity contribution in [2.75, 3.05) is 13.2 Å². The van der Waals surface area contributed by atoms with Crippen LogP contribution in [0.15, 0.2) is 18.3 Å². The molecule has 1 heterocycles. The molecule has 7 heteroatoms. The lowest BCUT2D eigenvalue weighted by Crippen LogP contribution is -2.32. The number of ether oxygens (including phenoxy) is 3. The minimum atomic E-state index is -0.457. The van der Waals surface area contributed by atoms with Gasteiger partial charge in [-0.25, -0.2) is 0 Å². The van der Waals surface area contributed by atoms with Crippen molar-refractivity contribution in [1.29, 1.82) is 0 Å². The molecule has 1 aromatic heterocycles. The molecule has 19 heavy (non-hydrogen) atoms. The molecule has 0 aromatic carbocycles. The molecule has 0 spiro atoms. The lowest BCUT2D eigenvalue weighted by molar-refractivity contribution is -0.616. The van der Waals surface area contributed by atoms with Crippen molar-refractivity contribution < 1.29 is 28.5 Å². The highest BCUT2D eigenvalue weighted by Gasteiger charge is 2.09. The van der Waals surface area contributed by atoms with Crippen molar-refractivity contribution in [2.45, 2.75) is 20.5 Å². The lowest BCUT2D eigenvalue weighted by atomic mass is 10.3. The van der Waals surface area contributed by atoms with Crippen LogP contribution >= 0.6 is 0 Å². The fourth-order valence-corrected chi connectivity index (χ4v) is 1.21. The molecule has 0 N–H and O–H groups in total. The van der Waals surface area contributed by atoms with Gasteiger partial charge in [-0.05, 0) is 6.07 Å². The van der Waals surface area contributed by atoms with Crippen LogP contribution in [0, 0.1) is 5.21 Å². The largest absolute Gasteiger partial charge is 0.618 e. The zero-order chi connectivity index (χ0) is 14.3. The van der Waals surface area contributed by atoms with Gasteiger partial charge in [0, 0.05) is 19.9 Å². The number of pyridine rings is 1. The second-order valence-corrected chi connectivity index (χ2v) is 3.65. The fraction of sp³-hybridized carbons (Fsp3) is 0.417. The van der Waals surface area contributed by atoms with Crippen LogP contribution in [-0.2, 0) is 25.7 Å². The smallest absolute Gasteiger partial charge is 0.303 e. The third-order valence-electron chi connectivity index (χ3n) is 2.05. The summed E-state index contributed by atoms with van der Waals surface area (Å²) < 4.78 is 15.2. The highest BCUT2D eigenvalue weighted by Crippen LogP contribution is 2.08. The highest BCUT2D eigenvalue weighted by molar-refractivity contribution is 5.66. The summed E-state index contributed by atoms with van der Waals surface area (Å²) in [5.74, 6) is -0.505. The number of aromatic nitrogens is 1. The summed E-state index contributed by atoms with van der Waals surface area (Å²) >= 11 is 0. The van der Waals surface area contributed by atoms with Crippen molar-refractivity contribution in [3.63, 3.8) is 0 Å². The predicted molar refractivity (Wildman–Crippen MR) is 63.0 cm³/mol. The first-order chi connectivity index (χ1) is 8.99. The lowest BCUT2D eigenvalue weighted by Gasteiger charge is -2.08. The van der Waals surface area contributed by atoms with Crippen molar-refractivity contribution in [1.82, 2.24) is 0 Å². The van der Waals surface area contributed by atoms with Gasteiger partial charge in [-0.1, -0.05) is 0 Å². The normalized spacial score (nSPS) is 9.79. The molecule has 0 unspecified atom stereocenters. The summed E-state index contributed by atoms with van der Waals surface area (Å²) in [5, 5.41) is 11.6. The Morgan fingerprint density at radius 2 is 1.84 bits per heavy atom. The number of carbonyl (C=O) groups is 2. The molecule has 0 fully saturated rings. The Balaban J connectivity index is 2.47. The first-order valence-corrected chi connectivity index (χ1v) is 5.60. The number of nitrogens with zero attached hydrogens (tertiary/aromatic N) is 1. The molecule has 1 rings (SSSR count). The van der Waals surface area contributed by atoms with Gasteiger partial charge >= 0.3 is 11.9 Å². The van der Waals surface area contributed by atoms with E-state index < -0.39 is 5.97 Å². The standard InChI is InChI=1S/C12H15NO6/c1-9(14)17-5-6-18-12-4-3-11(13(16)7-12)8-19-10(2)15/h3-4,7H,5-6,8H2,1-2H3. The van der Waals surface area contributed by atoms with Crippen molar-refractivity contribution in [2.24, 2.45) is 0 Å². The summed E-state index contributed by atoms with van der Waals surface area (Å²) in [7, 11) is 0. The van der Waals surface area contributed by atoms with Gasteiger partial charge in [0.15, 0.2) is 12.4 Å². The first kappa shape index (κ1) is 14.7. The first-order valence-electron chi connectivity index (χ1n) is 5.60. The van der Waals surface area contributed by atoms with Crippen molar-refractivity contribution in [3.8, 4) is 5.75 Å². The van der Waals surface area contributed by atoms with E-state index in [1.165, 1.54) is 26.1 Å². The molecule has 0 saturated heterocycles. The minimum absolute atomic E-state index is 0.0907. The summed E-state index contributed by atoms with van der Waals surface area (Å²) in [6.45, 7) is 2.75. The summed E-state index contributed by atoms with van der Waals surface area (Å²) in [4.78, 5) is 21.1. The molecule has 0 aliphatic rings. The minimum Gasteiger partial charge on any atom is -0.618 e. The maximum Gasteiger partial charge on any atom is 0.303 e. The van der Waals surface area contributed by atoms with Gasteiger partial charge in [0.2, 0.25) is 11.9 Å². The molecular weight excluding hydrogens is 254 g/mol. The zero-order valence-corrected chi connectivity index (χ0v) is 10.8. The van der Waals surface area contributed by atoms with E-state index in [2.05, 4.69) is 4.74 Å². The number of hydrogen-bond acceptors (Lipinski definition) is 6. The quantitative estimate of drug-likeness (QED) is 0.320.